The third kappa shape index (κ3) is 5.18. The van der Waals surface area contributed by atoms with Crippen molar-refractivity contribution in [2.75, 3.05) is 0 Å². The van der Waals surface area contributed by atoms with Crippen molar-refractivity contribution in [2.24, 2.45) is 0 Å². The van der Waals surface area contributed by atoms with E-state index in [1.807, 2.05) is 0 Å². The van der Waals surface area contributed by atoms with Gasteiger partial charge < -0.3 is 11.0 Å². The molecule has 4 N–H and O–H groups in total. The van der Waals surface area contributed by atoms with E-state index < -0.39 is 17.5 Å². The summed E-state index contributed by atoms with van der Waals surface area (Å²) in [6, 6.07) is 15.5. The Morgan fingerprint density at radius 3 is 1.17 bits per heavy atom. The Morgan fingerprint density at radius 2 is 0.897 bits per heavy atom. The van der Waals surface area contributed by atoms with Crippen LogP contribution in [0.5, 0.6) is 0 Å². The van der Waals surface area contributed by atoms with Crippen molar-refractivity contribution in [3.8, 4) is 22.3 Å². The van der Waals surface area contributed by atoms with Gasteiger partial charge in [0, 0.05) is 0 Å². The molecule has 0 aliphatic carbocycles. The van der Waals surface area contributed by atoms with Crippen molar-refractivity contribution < 1.29 is 11.0 Å². The zero-order valence-electron chi connectivity index (χ0n) is 17.8. The topological polar surface area (TPSA) is 63.0 Å². The van der Waals surface area contributed by atoms with Crippen LogP contribution < -0.4 is 3.58 Å². The van der Waals surface area contributed by atoms with Crippen molar-refractivity contribution in [1.82, 2.24) is 0 Å². The third-order valence-electron chi connectivity index (χ3n) is 5.15. The molecule has 1 radical (unpaired) electrons. The molecule has 0 aliphatic rings. The number of hydrogen-bond acceptors (Lipinski definition) is 0. The third-order valence-corrected chi connectivity index (χ3v) is 10.3. The van der Waals surface area contributed by atoms with Crippen LogP contribution >= 0.6 is 17.8 Å². The smallest absolute Gasteiger partial charge is 0.412 e. The number of halogens is 2. The number of benzene rings is 3. The zero-order chi connectivity index (χ0) is 19.9. The van der Waals surface area contributed by atoms with Gasteiger partial charge in [0.15, 0.2) is 0 Å². The van der Waals surface area contributed by atoms with E-state index in [1.54, 1.807) is 0 Å². The monoisotopic (exact) mass is 539 g/mol. The molecule has 0 saturated carbocycles. The molecular formula is C24H29Cl2O2Sn. The summed E-state index contributed by atoms with van der Waals surface area (Å²) in [6.45, 7) is 13.0. The van der Waals surface area contributed by atoms with Crippen LogP contribution in [0.1, 0.15) is 33.4 Å². The minimum absolute atomic E-state index is 0. The first-order chi connectivity index (χ1) is 12.7. The summed E-state index contributed by atoms with van der Waals surface area (Å²) in [4.78, 5) is 0. The molecule has 3 rings (SSSR count). The minimum Gasteiger partial charge on any atom is -0.412 e. The molecule has 0 amide bonds. The Balaban J connectivity index is 0.00000210. The fraction of sp³-hybridized carbons (Fsp3) is 0.250. The van der Waals surface area contributed by atoms with E-state index in [2.05, 4.69) is 84.0 Å². The molecule has 3 aromatic rings. The molecule has 5 heteroatoms. The molecule has 29 heavy (non-hydrogen) atoms. The molecule has 0 unspecified atom stereocenters. The molecule has 0 spiro atoms. The van der Waals surface area contributed by atoms with Crippen LogP contribution in [0.3, 0.4) is 0 Å². The molecule has 3 aromatic carbocycles. The van der Waals surface area contributed by atoms with Crippen molar-refractivity contribution in [1.29, 1.82) is 0 Å². The van der Waals surface area contributed by atoms with Crippen molar-refractivity contribution in [2.45, 2.75) is 41.5 Å². The van der Waals surface area contributed by atoms with Crippen LogP contribution in [0.4, 0.5) is 0 Å². The number of hydrogen-bond donors (Lipinski definition) is 0. The first-order valence-corrected chi connectivity index (χ1v) is 17.8. The van der Waals surface area contributed by atoms with Crippen LogP contribution in [0, 0.1) is 41.5 Å². The molecule has 2 nitrogen and oxygen atoms in total. The van der Waals surface area contributed by atoms with Gasteiger partial charge in [0.2, 0.25) is 0 Å². The van der Waals surface area contributed by atoms with Crippen molar-refractivity contribution in [3.05, 3.63) is 75.8 Å². The summed E-state index contributed by atoms with van der Waals surface area (Å²) >= 11 is -2.74. The Hall–Kier alpha value is -1.04. The average molecular weight is 539 g/mol. The summed E-state index contributed by atoms with van der Waals surface area (Å²) in [5, 5.41) is 0. The normalized spacial score (nSPS) is 10.5. The molecule has 0 aliphatic heterocycles. The fourth-order valence-electron chi connectivity index (χ4n) is 4.38. The van der Waals surface area contributed by atoms with Gasteiger partial charge in [0.05, 0.1) is 0 Å². The maximum atomic E-state index is 6.75. The summed E-state index contributed by atoms with van der Waals surface area (Å²) < 4.78 is 1.19. The Labute approximate surface area is 188 Å². The number of rotatable bonds is 3. The van der Waals surface area contributed by atoms with Gasteiger partial charge in [-0.05, 0) is 0 Å². The van der Waals surface area contributed by atoms with Gasteiger partial charge in [-0.25, -0.2) is 0 Å². The van der Waals surface area contributed by atoms with E-state index >= 15 is 0 Å². The largest absolute Gasteiger partial charge is 0.412 e. The average Bonchev–Trinajstić information content (AvgIpc) is 2.52. The Morgan fingerprint density at radius 1 is 0.586 bits per heavy atom. The van der Waals surface area contributed by atoms with E-state index in [1.165, 1.54) is 59.2 Å². The molecular weight excluding hydrogens is 510 g/mol. The van der Waals surface area contributed by atoms with E-state index in [0.29, 0.717) is 0 Å². The van der Waals surface area contributed by atoms with E-state index in [9.17, 15) is 0 Å². The van der Waals surface area contributed by atoms with E-state index in [0.717, 1.165) is 0 Å². The van der Waals surface area contributed by atoms with Crippen molar-refractivity contribution in [3.63, 3.8) is 0 Å². The Bertz CT molecular complexity index is 908. The summed E-state index contributed by atoms with van der Waals surface area (Å²) in [7, 11) is 13.5. The predicted octanol–water partition coefficient (Wildman–Crippen LogP) is 5.39. The minimum atomic E-state index is -2.74. The van der Waals surface area contributed by atoms with Crippen LogP contribution in [0.25, 0.3) is 22.3 Å². The predicted molar refractivity (Wildman–Crippen MR) is 130 cm³/mol. The van der Waals surface area contributed by atoms with Crippen LogP contribution in [-0.4, -0.2) is 28.5 Å². The molecule has 0 heterocycles. The maximum Gasteiger partial charge on any atom is -0.412 e. The van der Waals surface area contributed by atoms with Gasteiger partial charge >= 0.3 is 179 Å². The van der Waals surface area contributed by atoms with Crippen LogP contribution in [-0.2, 0) is 0 Å². The molecule has 0 atom stereocenters. The SMILES string of the molecule is Cc1cc(C)c(-c2cccc(-c3c(C)cc(C)cc3C)[c]2[Sn]([Cl])[Cl])c(C)c1.O.O. The fourth-order valence-corrected chi connectivity index (χ4v) is 9.47. The molecule has 0 aromatic heterocycles. The Kier molecular flexibility index (Phi) is 9.25. The molecule has 0 fully saturated rings. The first-order valence-electron chi connectivity index (χ1n) is 9.18. The molecule has 0 saturated heterocycles. The van der Waals surface area contributed by atoms with Gasteiger partial charge in [-0.1, -0.05) is 0 Å². The second-order valence-electron chi connectivity index (χ2n) is 7.54. The number of aryl methyl sites for hydroxylation is 6. The quantitative estimate of drug-likeness (QED) is 0.401. The van der Waals surface area contributed by atoms with Gasteiger partial charge in [-0.3, -0.25) is 0 Å². The molecule has 0 bridgehead atoms. The van der Waals surface area contributed by atoms with E-state index in [4.69, 9.17) is 17.8 Å². The van der Waals surface area contributed by atoms with Gasteiger partial charge in [-0.2, -0.15) is 0 Å². The van der Waals surface area contributed by atoms with Gasteiger partial charge in [0.25, 0.3) is 0 Å². The summed E-state index contributed by atoms with van der Waals surface area (Å²) in [5.74, 6) is 0. The van der Waals surface area contributed by atoms with Crippen LogP contribution in [0.15, 0.2) is 42.5 Å². The summed E-state index contributed by atoms with van der Waals surface area (Å²) in [6.07, 6.45) is 0. The van der Waals surface area contributed by atoms with Crippen molar-refractivity contribution >= 4 is 38.9 Å². The van der Waals surface area contributed by atoms with Crippen LogP contribution in [0.2, 0.25) is 0 Å². The van der Waals surface area contributed by atoms with E-state index in [-0.39, 0.29) is 11.0 Å². The summed E-state index contributed by atoms with van der Waals surface area (Å²) in [5.41, 5.74) is 12.7. The first kappa shape index (κ1) is 26.0. The zero-order valence-corrected chi connectivity index (χ0v) is 22.2. The second-order valence-corrected chi connectivity index (χ2v) is 16.8. The van der Waals surface area contributed by atoms with Gasteiger partial charge in [0.1, 0.15) is 0 Å². The standard InChI is InChI=1S/C24H25.2ClH.2H2O.Sn/c1-15-10-17(3)23(18(4)11-15)21-8-7-9-22(14-21)24-19(5)12-16(2)13-20(24)6;;;;;/h7-13H,1-6H3;2*1H;2*1H2;/q;;;;;+2/p-2. The van der Waals surface area contributed by atoms with Gasteiger partial charge in [-0.15, -0.1) is 0 Å². The maximum absolute atomic E-state index is 6.75. The molecule has 155 valence electrons. The second kappa shape index (κ2) is 10.3.